The highest BCUT2D eigenvalue weighted by Gasteiger charge is 2.41. The van der Waals surface area contributed by atoms with Gasteiger partial charge < -0.3 is 25.2 Å². The Bertz CT molecular complexity index is 1550. The number of nitrogens with one attached hydrogen (secondary N) is 2. The smallest absolute Gasteiger partial charge is 0.306 e. The van der Waals surface area contributed by atoms with Crippen molar-refractivity contribution in [2.45, 2.75) is 56.8 Å². The first kappa shape index (κ1) is 29.5. The number of carboxylic acid groups (broad SMARTS) is 1. The fourth-order valence-corrected chi connectivity index (χ4v) is 6.12. The van der Waals surface area contributed by atoms with Crippen LogP contribution in [0.5, 0.6) is 0 Å². The van der Waals surface area contributed by atoms with Crippen LogP contribution in [0.1, 0.15) is 48.0 Å². The molecule has 3 N–H and O–H groups in total. The lowest BCUT2D eigenvalue weighted by Gasteiger charge is -2.30. The lowest BCUT2D eigenvalue weighted by Crippen LogP contribution is -2.50. The Morgan fingerprint density at radius 3 is 2.52 bits per heavy atom. The lowest BCUT2D eigenvalue weighted by atomic mass is 9.86. The van der Waals surface area contributed by atoms with Gasteiger partial charge in [-0.2, -0.15) is 0 Å². The maximum absolute atomic E-state index is 15.1. The molecule has 1 aromatic heterocycles. The summed E-state index contributed by atoms with van der Waals surface area (Å²) < 4.78 is 31.3. The van der Waals surface area contributed by atoms with Gasteiger partial charge >= 0.3 is 5.97 Å². The van der Waals surface area contributed by atoms with E-state index in [9.17, 15) is 28.7 Å². The van der Waals surface area contributed by atoms with Crippen LogP contribution < -0.4 is 10.6 Å². The number of halogens is 3. The van der Waals surface area contributed by atoms with E-state index in [-0.39, 0.29) is 35.3 Å². The number of rotatable bonds is 7. The molecular formula is C30H31ClF2N4O5. The van der Waals surface area contributed by atoms with Gasteiger partial charge in [0.25, 0.3) is 5.91 Å². The summed E-state index contributed by atoms with van der Waals surface area (Å²) in [6.45, 7) is -0.294. The van der Waals surface area contributed by atoms with Crippen LogP contribution in [0.2, 0.25) is 5.02 Å². The van der Waals surface area contributed by atoms with Crippen molar-refractivity contribution in [2.75, 3.05) is 11.9 Å². The number of hydrogen-bond donors (Lipinski definition) is 3. The van der Waals surface area contributed by atoms with Crippen LogP contribution in [0, 0.1) is 11.7 Å². The minimum Gasteiger partial charge on any atom is -0.481 e. The van der Waals surface area contributed by atoms with Gasteiger partial charge in [0.15, 0.2) is 0 Å². The minimum absolute atomic E-state index is 0.0174. The number of para-hydroxylation sites is 1. The number of fused-ring (bicyclic) bond motifs is 1. The molecule has 2 atom stereocenters. The molecule has 3 amide bonds. The van der Waals surface area contributed by atoms with Crippen LogP contribution in [0.3, 0.4) is 0 Å². The van der Waals surface area contributed by atoms with Crippen LogP contribution in [0.15, 0.2) is 42.6 Å². The number of anilines is 1. The molecular weight excluding hydrogens is 570 g/mol. The number of hydrogen-bond acceptors (Lipinski definition) is 4. The van der Waals surface area contributed by atoms with Crippen LogP contribution in [-0.4, -0.2) is 63.1 Å². The molecule has 1 aliphatic carbocycles. The third kappa shape index (κ3) is 6.11. The molecule has 2 aromatic carbocycles. The molecule has 42 heavy (non-hydrogen) atoms. The van der Waals surface area contributed by atoms with Crippen LogP contribution in [0.4, 0.5) is 14.5 Å². The van der Waals surface area contributed by atoms with E-state index in [1.165, 1.54) is 6.07 Å². The Balaban J connectivity index is 1.24. The zero-order valence-electron chi connectivity index (χ0n) is 22.9. The maximum atomic E-state index is 15.1. The first-order chi connectivity index (χ1) is 20.0. The van der Waals surface area contributed by atoms with Crippen LogP contribution in [-0.2, 0) is 27.9 Å². The molecule has 0 radical (unpaired) electrons. The summed E-state index contributed by atoms with van der Waals surface area (Å²) in [4.78, 5) is 51.4. The van der Waals surface area contributed by atoms with Crippen molar-refractivity contribution >= 4 is 51.9 Å². The lowest BCUT2D eigenvalue weighted by molar-refractivity contribution is -0.143. The van der Waals surface area contributed by atoms with Crippen molar-refractivity contribution in [3.05, 3.63) is 64.6 Å². The highest BCUT2D eigenvalue weighted by Crippen LogP contribution is 2.30. The van der Waals surface area contributed by atoms with E-state index in [0.717, 1.165) is 21.9 Å². The second kappa shape index (κ2) is 12.1. The Morgan fingerprint density at radius 1 is 1.10 bits per heavy atom. The standard InChI is InChI=1S/C30H31ClF2N4O5/c1-36-15-21(20-4-2-3-5-25(20)36)28(39)35-24-13-23(33)17(10-22(24)31)11-27(38)37-14-18(32)12-26(37)29(40)34-19-8-6-16(7-9-19)30(41)42/h2-5,10,13,15-16,18-19,26H,6-9,11-12,14H2,1H3,(H,34,40)(H,35,39)(H,41,42)/t16?,18-,19?,26-/m0/s1. The molecule has 9 nitrogen and oxygen atoms in total. The predicted octanol–water partition coefficient (Wildman–Crippen LogP) is 4.46. The van der Waals surface area contributed by atoms with E-state index in [1.807, 2.05) is 25.2 Å². The van der Waals surface area contributed by atoms with Crippen molar-refractivity contribution in [3.8, 4) is 0 Å². The summed E-state index contributed by atoms with van der Waals surface area (Å²) in [5.41, 5.74) is 1.21. The van der Waals surface area contributed by atoms with Crippen LogP contribution in [0.25, 0.3) is 10.9 Å². The fourth-order valence-electron chi connectivity index (χ4n) is 5.89. The van der Waals surface area contributed by atoms with E-state index >= 15 is 4.39 Å². The third-order valence-corrected chi connectivity index (χ3v) is 8.48. The summed E-state index contributed by atoms with van der Waals surface area (Å²) in [6, 6.07) is 8.31. The quantitative estimate of drug-likeness (QED) is 0.370. The van der Waals surface area contributed by atoms with Crippen LogP contribution >= 0.6 is 11.6 Å². The molecule has 2 heterocycles. The van der Waals surface area contributed by atoms with Crippen molar-refractivity contribution in [2.24, 2.45) is 13.0 Å². The van der Waals surface area contributed by atoms with Crippen molar-refractivity contribution in [1.29, 1.82) is 0 Å². The number of aliphatic carboxylic acids is 1. The average Bonchev–Trinajstić information content (AvgIpc) is 3.52. The third-order valence-electron chi connectivity index (χ3n) is 8.16. The molecule has 222 valence electrons. The van der Waals surface area contributed by atoms with Gasteiger partial charge in [-0.1, -0.05) is 29.8 Å². The molecule has 0 unspecified atom stereocenters. The maximum Gasteiger partial charge on any atom is 0.306 e. The van der Waals surface area contributed by atoms with Gasteiger partial charge in [-0.3, -0.25) is 19.2 Å². The number of nitrogens with zero attached hydrogens (tertiary/aromatic N) is 2. The summed E-state index contributed by atoms with van der Waals surface area (Å²) in [7, 11) is 1.81. The van der Waals surface area contributed by atoms with Gasteiger partial charge in [-0.25, -0.2) is 8.78 Å². The molecule has 2 fully saturated rings. The summed E-state index contributed by atoms with van der Waals surface area (Å²) in [6.07, 6.45) is 1.44. The number of likely N-dealkylation sites (tertiary alicyclic amines) is 1. The average molecular weight is 601 g/mol. The Labute approximate surface area is 245 Å². The summed E-state index contributed by atoms with van der Waals surface area (Å²) in [5.74, 6) is -3.71. The molecule has 12 heteroatoms. The zero-order chi connectivity index (χ0) is 30.1. The van der Waals surface area contributed by atoms with Crippen molar-refractivity contribution in [1.82, 2.24) is 14.8 Å². The SMILES string of the molecule is Cn1cc(C(=O)Nc2cc(F)c(CC(=O)N3C[C@@H](F)C[C@H]3C(=O)NC3CCC(C(=O)O)CC3)cc2Cl)c2ccccc21. The normalized spacial score (nSPS) is 22.2. The van der Waals surface area contributed by atoms with Gasteiger partial charge in [0.05, 0.1) is 35.2 Å². The minimum atomic E-state index is -1.41. The number of benzene rings is 2. The molecule has 5 rings (SSSR count). The number of carboxylic acids is 1. The molecule has 3 aromatic rings. The van der Waals surface area contributed by atoms with E-state index in [1.54, 1.807) is 16.8 Å². The number of aryl methyl sites for hydroxylation is 1. The second-order valence-electron chi connectivity index (χ2n) is 11.0. The molecule has 1 saturated carbocycles. The number of aromatic nitrogens is 1. The highest BCUT2D eigenvalue weighted by molar-refractivity contribution is 6.34. The number of amides is 3. The van der Waals surface area contributed by atoms with Crippen molar-refractivity contribution in [3.63, 3.8) is 0 Å². The Morgan fingerprint density at radius 2 is 1.81 bits per heavy atom. The first-order valence-corrected chi connectivity index (χ1v) is 14.2. The first-order valence-electron chi connectivity index (χ1n) is 13.8. The van der Waals surface area contributed by atoms with E-state index < -0.39 is 54.1 Å². The molecule has 2 aliphatic rings. The van der Waals surface area contributed by atoms with E-state index in [2.05, 4.69) is 10.6 Å². The number of carbonyl (C=O) groups is 4. The van der Waals surface area contributed by atoms with Gasteiger partial charge in [0.2, 0.25) is 11.8 Å². The number of alkyl halides is 1. The Hall–Kier alpha value is -3.99. The Kier molecular flexibility index (Phi) is 8.49. The monoisotopic (exact) mass is 600 g/mol. The predicted molar refractivity (Wildman–Crippen MR) is 153 cm³/mol. The zero-order valence-corrected chi connectivity index (χ0v) is 23.7. The van der Waals surface area contributed by atoms with Gasteiger partial charge in [-0.05, 0) is 49.4 Å². The van der Waals surface area contributed by atoms with E-state index in [0.29, 0.717) is 31.2 Å². The highest BCUT2D eigenvalue weighted by atomic mass is 35.5. The molecule has 0 bridgehead atoms. The van der Waals surface area contributed by atoms with Crippen molar-refractivity contribution < 1.29 is 33.1 Å². The largest absolute Gasteiger partial charge is 0.481 e. The topological polar surface area (TPSA) is 121 Å². The summed E-state index contributed by atoms with van der Waals surface area (Å²) in [5, 5.41) is 15.4. The fraction of sp³-hybridized carbons (Fsp3) is 0.400. The molecule has 1 aliphatic heterocycles. The second-order valence-corrected chi connectivity index (χ2v) is 11.4. The number of carbonyl (C=O) groups excluding carboxylic acids is 3. The van der Waals surface area contributed by atoms with Gasteiger partial charge in [0, 0.05) is 36.6 Å². The molecule has 1 saturated heterocycles. The van der Waals surface area contributed by atoms with Gasteiger partial charge in [0.1, 0.15) is 18.0 Å². The van der Waals surface area contributed by atoms with E-state index in [4.69, 9.17) is 11.6 Å². The van der Waals surface area contributed by atoms with Gasteiger partial charge in [-0.15, -0.1) is 0 Å². The summed E-state index contributed by atoms with van der Waals surface area (Å²) >= 11 is 6.37. The molecule has 0 spiro atoms.